The Kier molecular flexibility index (Phi) is 5.65. The number of nitrogens with one attached hydrogen (secondary N) is 1. The zero-order chi connectivity index (χ0) is 16.0. The summed E-state index contributed by atoms with van der Waals surface area (Å²) >= 11 is 0. The number of aryl methyl sites for hydroxylation is 1. The molecule has 1 aromatic carbocycles. The predicted molar refractivity (Wildman–Crippen MR) is 76.5 cm³/mol. The lowest BCUT2D eigenvalue weighted by Crippen LogP contribution is -2.18. The Morgan fingerprint density at radius 3 is 2.67 bits per heavy atom. The second-order valence-corrected chi connectivity index (χ2v) is 6.22. The highest BCUT2D eigenvalue weighted by Crippen LogP contribution is 2.26. The molecule has 0 saturated carbocycles. The van der Waals surface area contributed by atoms with Crippen molar-refractivity contribution < 1.29 is 22.9 Å². The first-order valence-corrected chi connectivity index (χ1v) is 7.73. The number of ether oxygens (including phenoxy) is 1. The topological polar surface area (TPSA) is 116 Å². The molecule has 1 rings (SSSR count). The van der Waals surface area contributed by atoms with Gasteiger partial charge in [-0.1, -0.05) is 6.07 Å². The molecular formula is C12H16N2O6S. The Morgan fingerprint density at radius 2 is 2.10 bits per heavy atom. The van der Waals surface area contributed by atoms with Crippen molar-refractivity contribution in [3.63, 3.8) is 0 Å². The average Bonchev–Trinajstić information content (AvgIpc) is 2.37. The predicted octanol–water partition coefficient (Wildman–Crippen LogP) is 1.60. The van der Waals surface area contributed by atoms with Crippen molar-refractivity contribution in [1.29, 1.82) is 0 Å². The molecule has 0 fully saturated rings. The summed E-state index contributed by atoms with van der Waals surface area (Å²) in [7, 11) is -2.56. The normalized spacial score (nSPS) is 11.0. The second-order valence-electron chi connectivity index (χ2n) is 4.38. The summed E-state index contributed by atoms with van der Waals surface area (Å²) < 4.78 is 30.3. The maximum Gasteiger partial charge on any atom is 0.305 e. The highest BCUT2D eigenvalue weighted by atomic mass is 32.2. The van der Waals surface area contributed by atoms with Crippen molar-refractivity contribution in [2.24, 2.45) is 0 Å². The van der Waals surface area contributed by atoms with Crippen LogP contribution in [-0.2, 0) is 19.6 Å². The minimum atomic E-state index is -3.77. The molecule has 1 aromatic rings. The third-order valence-electron chi connectivity index (χ3n) is 2.64. The van der Waals surface area contributed by atoms with Crippen LogP contribution in [0.4, 0.5) is 11.4 Å². The van der Waals surface area contributed by atoms with Crippen LogP contribution in [0.2, 0.25) is 0 Å². The van der Waals surface area contributed by atoms with Gasteiger partial charge < -0.3 is 4.74 Å². The van der Waals surface area contributed by atoms with Crippen molar-refractivity contribution in [2.45, 2.75) is 19.8 Å². The molecule has 116 valence electrons. The number of benzene rings is 1. The van der Waals surface area contributed by atoms with E-state index in [0.29, 0.717) is 5.56 Å². The summed E-state index contributed by atoms with van der Waals surface area (Å²) in [5, 5.41) is 10.9. The number of nitro benzene ring substituents is 1. The Bertz CT molecular complexity index is 641. The van der Waals surface area contributed by atoms with Crippen molar-refractivity contribution in [1.82, 2.24) is 0 Å². The number of nitrogens with zero attached hydrogens (tertiary/aromatic N) is 1. The van der Waals surface area contributed by atoms with Crippen LogP contribution in [0.1, 0.15) is 18.4 Å². The highest BCUT2D eigenvalue weighted by molar-refractivity contribution is 7.92. The third-order valence-corrected chi connectivity index (χ3v) is 3.99. The largest absolute Gasteiger partial charge is 0.469 e. The molecule has 0 aliphatic heterocycles. The minimum Gasteiger partial charge on any atom is -0.469 e. The number of sulfonamides is 1. The van der Waals surface area contributed by atoms with E-state index in [1.54, 1.807) is 6.92 Å². The first kappa shape index (κ1) is 16.9. The van der Waals surface area contributed by atoms with Gasteiger partial charge in [0, 0.05) is 12.5 Å². The van der Waals surface area contributed by atoms with Crippen LogP contribution < -0.4 is 4.72 Å². The molecule has 0 heterocycles. The van der Waals surface area contributed by atoms with E-state index in [0.717, 1.165) is 0 Å². The van der Waals surface area contributed by atoms with Crippen LogP contribution in [0.25, 0.3) is 0 Å². The van der Waals surface area contributed by atoms with Crippen LogP contribution in [-0.4, -0.2) is 32.2 Å². The highest BCUT2D eigenvalue weighted by Gasteiger charge is 2.19. The van der Waals surface area contributed by atoms with E-state index in [1.165, 1.54) is 25.3 Å². The zero-order valence-corrected chi connectivity index (χ0v) is 12.5. The van der Waals surface area contributed by atoms with Crippen LogP contribution in [0, 0.1) is 17.0 Å². The van der Waals surface area contributed by atoms with Crippen LogP contribution >= 0.6 is 0 Å². The van der Waals surface area contributed by atoms with Crippen molar-refractivity contribution >= 4 is 27.4 Å². The molecule has 21 heavy (non-hydrogen) atoms. The standard InChI is InChI=1S/C12H16N2O6S/c1-9-5-6-11(14(16)17)10(8-9)13-21(18,19)7-3-4-12(15)20-2/h5-6,8,13H,3-4,7H2,1-2H3. The minimum absolute atomic E-state index is 0.0344. The fourth-order valence-electron chi connectivity index (χ4n) is 1.62. The molecule has 8 nitrogen and oxygen atoms in total. The molecule has 0 atom stereocenters. The summed E-state index contributed by atoms with van der Waals surface area (Å²) in [6.07, 6.45) is 0.0366. The summed E-state index contributed by atoms with van der Waals surface area (Å²) in [5.41, 5.74) is 0.281. The smallest absolute Gasteiger partial charge is 0.305 e. The fraction of sp³-hybridized carbons (Fsp3) is 0.417. The van der Waals surface area contributed by atoms with Gasteiger partial charge in [0.2, 0.25) is 10.0 Å². The van der Waals surface area contributed by atoms with E-state index in [-0.39, 0.29) is 30.0 Å². The Labute approximate surface area is 122 Å². The van der Waals surface area contributed by atoms with Gasteiger partial charge in [-0.15, -0.1) is 0 Å². The van der Waals surface area contributed by atoms with Gasteiger partial charge in [-0.3, -0.25) is 19.6 Å². The SMILES string of the molecule is COC(=O)CCCS(=O)(=O)Nc1cc(C)ccc1[N+](=O)[O-]. The maximum atomic E-state index is 11.9. The number of nitro groups is 1. The Hall–Kier alpha value is -2.16. The maximum absolute atomic E-state index is 11.9. The molecule has 0 spiro atoms. The van der Waals surface area contributed by atoms with Gasteiger partial charge in [0.15, 0.2) is 0 Å². The van der Waals surface area contributed by atoms with Gasteiger partial charge in [-0.2, -0.15) is 0 Å². The number of methoxy groups -OCH3 is 1. The van der Waals surface area contributed by atoms with Gasteiger partial charge in [0.05, 0.1) is 17.8 Å². The molecule has 0 unspecified atom stereocenters. The lowest BCUT2D eigenvalue weighted by Gasteiger charge is -2.09. The van der Waals surface area contributed by atoms with Crippen molar-refractivity contribution in [3.8, 4) is 0 Å². The molecule has 0 aliphatic rings. The molecule has 0 aliphatic carbocycles. The summed E-state index contributed by atoms with van der Waals surface area (Å²) in [5.74, 6) is -0.834. The van der Waals surface area contributed by atoms with Crippen LogP contribution in [0.5, 0.6) is 0 Å². The lowest BCUT2D eigenvalue weighted by molar-refractivity contribution is -0.383. The number of rotatable bonds is 7. The molecular weight excluding hydrogens is 300 g/mol. The van der Waals surface area contributed by atoms with E-state index in [4.69, 9.17) is 0 Å². The Morgan fingerprint density at radius 1 is 1.43 bits per heavy atom. The first-order chi connectivity index (χ1) is 9.75. The first-order valence-electron chi connectivity index (χ1n) is 6.07. The zero-order valence-electron chi connectivity index (χ0n) is 11.7. The number of esters is 1. The summed E-state index contributed by atoms with van der Waals surface area (Å²) in [4.78, 5) is 21.1. The van der Waals surface area contributed by atoms with E-state index in [2.05, 4.69) is 9.46 Å². The number of hydrogen-bond acceptors (Lipinski definition) is 6. The molecule has 0 bridgehead atoms. The molecule has 0 radical (unpaired) electrons. The quantitative estimate of drug-likeness (QED) is 0.464. The van der Waals surface area contributed by atoms with Gasteiger partial charge in [0.25, 0.3) is 5.69 Å². The van der Waals surface area contributed by atoms with Gasteiger partial charge >= 0.3 is 5.97 Å². The molecule has 0 aromatic heterocycles. The van der Waals surface area contributed by atoms with Gasteiger partial charge in [-0.25, -0.2) is 8.42 Å². The van der Waals surface area contributed by atoms with Gasteiger partial charge in [-0.05, 0) is 25.0 Å². The molecule has 0 saturated heterocycles. The van der Waals surface area contributed by atoms with E-state index < -0.39 is 20.9 Å². The average molecular weight is 316 g/mol. The number of carbonyl (C=O) groups is 1. The Balaban J connectivity index is 2.82. The van der Waals surface area contributed by atoms with E-state index in [1.807, 2.05) is 0 Å². The molecule has 0 amide bonds. The fourth-order valence-corrected chi connectivity index (χ4v) is 2.74. The van der Waals surface area contributed by atoms with E-state index in [9.17, 15) is 23.3 Å². The summed E-state index contributed by atoms with van der Waals surface area (Å²) in [6.45, 7) is 1.69. The number of hydrogen-bond donors (Lipinski definition) is 1. The lowest BCUT2D eigenvalue weighted by atomic mass is 10.2. The van der Waals surface area contributed by atoms with E-state index >= 15 is 0 Å². The summed E-state index contributed by atoms with van der Waals surface area (Å²) in [6, 6.07) is 4.14. The number of anilines is 1. The monoisotopic (exact) mass is 316 g/mol. The number of carbonyl (C=O) groups excluding carboxylic acids is 1. The molecule has 1 N–H and O–H groups in total. The molecule has 9 heteroatoms. The van der Waals surface area contributed by atoms with Crippen LogP contribution in [0.3, 0.4) is 0 Å². The van der Waals surface area contributed by atoms with Crippen molar-refractivity contribution in [2.75, 3.05) is 17.6 Å². The third kappa shape index (κ3) is 5.38. The van der Waals surface area contributed by atoms with Crippen LogP contribution in [0.15, 0.2) is 18.2 Å². The second kappa shape index (κ2) is 7.02. The van der Waals surface area contributed by atoms with Crippen molar-refractivity contribution in [3.05, 3.63) is 33.9 Å². The van der Waals surface area contributed by atoms with Gasteiger partial charge in [0.1, 0.15) is 5.69 Å².